The van der Waals surface area contributed by atoms with E-state index in [0.29, 0.717) is 50.6 Å². The van der Waals surface area contributed by atoms with Gasteiger partial charge in [-0.25, -0.2) is 27.5 Å². The van der Waals surface area contributed by atoms with E-state index in [9.17, 15) is 17.6 Å². The van der Waals surface area contributed by atoms with Crippen molar-refractivity contribution in [2.75, 3.05) is 11.6 Å². The summed E-state index contributed by atoms with van der Waals surface area (Å²) in [6.45, 7) is 3.60. The predicted molar refractivity (Wildman–Crippen MR) is 163 cm³/mol. The van der Waals surface area contributed by atoms with Crippen LogP contribution in [0.3, 0.4) is 0 Å². The summed E-state index contributed by atoms with van der Waals surface area (Å²) >= 11 is 0. The fourth-order valence-electron chi connectivity index (χ4n) is 4.69. The second-order valence-corrected chi connectivity index (χ2v) is 12.4. The number of sulfonamides is 1. The van der Waals surface area contributed by atoms with Gasteiger partial charge in [-0.1, -0.05) is 26.0 Å². The highest BCUT2D eigenvalue weighted by Gasteiger charge is 2.18. The fraction of sp³-hybridized carbons (Fsp3) is 0.167. The van der Waals surface area contributed by atoms with Crippen molar-refractivity contribution in [2.24, 2.45) is 5.92 Å². The van der Waals surface area contributed by atoms with Gasteiger partial charge in [0.25, 0.3) is 0 Å². The molecule has 0 fully saturated rings. The van der Waals surface area contributed by atoms with Gasteiger partial charge in [-0.05, 0) is 47.5 Å². The number of aromatic nitrogens is 6. The molecule has 4 heterocycles. The van der Waals surface area contributed by atoms with Crippen molar-refractivity contribution in [1.29, 1.82) is 0 Å². The first-order valence-corrected chi connectivity index (χ1v) is 15.3. The Bertz CT molecular complexity index is 2120. The maximum Gasteiger partial charge on any atom is 0.226 e. The summed E-state index contributed by atoms with van der Waals surface area (Å²) in [5.41, 5.74) is 6.25. The first kappa shape index (κ1) is 28.1. The molecule has 4 N–H and O–H groups in total. The number of benzene rings is 2. The molecule has 13 heteroatoms. The molecule has 6 aromatic rings. The number of pyridine rings is 2. The monoisotopic (exact) mass is 598 g/mol. The number of para-hydroxylation sites is 1. The normalized spacial score (nSPS) is 11.9. The third-order valence-electron chi connectivity index (χ3n) is 6.82. The Labute approximate surface area is 246 Å². The number of H-pyrrole nitrogens is 2. The minimum absolute atomic E-state index is 0.0392. The Hall–Kier alpha value is -5.01. The maximum absolute atomic E-state index is 14.6. The smallest absolute Gasteiger partial charge is 0.226 e. The SMILES string of the molecule is CC(C)C(=O)Nc1cncc(-c2cnc3[nH]nc(-c4nc5c(-c6cc(F)cc(CNS(C)(=O)=O)c6)cccc5[nH]4)c3c2)c1. The summed E-state index contributed by atoms with van der Waals surface area (Å²) in [6.07, 6.45) is 6.04. The molecule has 0 aliphatic heterocycles. The van der Waals surface area contributed by atoms with E-state index >= 15 is 0 Å². The van der Waals surface area contributed by atoms with E-state index in [-0.39, 0.29) is 18.4 Å². The van der Waals surface area contributed by atoms with Gasteiger partial charge in [0.2, 0.25) is 15.9 Å². The van der Waals surface area contributed by atoms with Gasteiger partial charge in [-0.15, -0.1) is 0 Å². The lowest BCUT2D eigenvalue weighted by Gasteiger charge is -2.09. The number of anilines is 1. The van der Waals surface area contributed by atoms with E-state index in [1.807, 2.05) is 44.2 Å². The number of nitrogens with zero attached hydrogens (tertiary/aromatic N) is 4. The van der Waals surface area contributed by atoms with Crippen molar-refractivity contribution < 1.29 is 17.6 Å². The van der Waals surface area contributed by atoms with Gasteiger partial charge in [0, 0.05) is 41.5 Å². The van der Waals surface area contributed by atoms with Crippen LogP contribution in [0.1, 0.15) is 19.4 Å². The molecule has 0 aliphatic carbocycles. The molecule has 0 unspecified atom stereocenters. The number of amides is 1. The summed E-state index contributed by atoms with van der Waals surface area (Å²) in [5.74, 6) is -0.276. The number of imidazole rings is 1. The summed E-state index contributed by atoms with van der Waals surface area (Å²) < 4.78 is 40.1. The lowest BCUT2D eigenvalue weighted by molar-refractivity contribution is -0.118. The van der Waals surface area contributed by atoms with Crippen LogP contribution in [0.4, 0.5) is 10.1 Å². The van der Waals surface area contributed by atoms with Crippen LogP contribution in [0.15, 0.2) is 67.1 Å². The molecule has 4 aromatic heterocycles. The second-order valence-electron chi connectivity index (χ2n) is 10.5. The zero-order valence-corrected chi connectivity index (χ0v) is 24.3. The highest BCUT2D eigenvalue weighted by molar-refractivity contribution is 7.88. The van der Waals surface area contributed by atoms with Gasteiger partial charge in [0.1, 0.15) is 11.5 Å². The lowest BCUT2D eigenvalue weighted by atomic mass is 10.0. The Morgan fingerprint density at radius 1 is 1.02 bits per heavy atom. The number of hydrogen-bond donors (Lipinski definition) is 4. The molecule has 0 radical (unpaired) electrons. The van der Waals surface area contributed by atoms with Gasteiger partial charge in [-0.3, -0.25) is 14.9 Å². The standard InChI is InChI=1S/C30H27FN8O3S/c1-16(2)30(40)35-22-10-19(13-32-15-22)20-11-24-27(38-39-28(24)33-14-20)29-36-25-6-4-5-23(26(25)37-29)18-7-17(8-21(31)9-18)12-34-43(3,41)42/h4-11,13-16,34H,12H2,1-3H3,(H,35,40)(H,36,37)(H,33,38,39). The van der Waals surface area contributed by atoms with Crippen molar-refractivity contribution in [3.63, 3.8) is 0 Å². The van der Waals surface area contributed by atoms with Gasteiger partial charge in [0.05, 0.1) is 34.6 Å². The van der Waals surface area contributed by atoms with Crippen molar-refractivity contribution in [3.05, 3.63) is 78.5 Å². The van der Waals surface area contributed by atoms with Crippen LogP contribution in [-0.4, -0.2) is 50.7 Å². The van der Waals surface area contributed by atoms with E-state index < -0.39 is 15.8 Å². The molecule has 218 valence electrons. The molecule has 6 rings (SSSR count). The van der Waals surface area contributed by atoms with Gasteiger partial charge < -0.3 is 10.3 Å². The number of halogens is 1. The number of carbonyl (C=O) groups is 1. The zero-order chi connectivity index (χ0) is 30.3. The third-order valence-corrected chi connectivity index (χ3v) is 7.49. The number of carbonyl (C=O) groups excluding carboxylic acids is 1. The summed E-state index contributed by atoms with van der Waals surface area (Å²) in [5, 5.41) is 11.0. The van der Waals surface area contributed by atoms with Crippen molar-refractivity contribution in [3.8, 4) is 33.8 Å². The summed E-state index contributed by atoms with van der Waals surface area (Å²) in [6, 6.07) is 13.7. The molecule has 0 atom stereocenters. The Morgan fingerprint density at radius 2 is 1.84 bits per heavy atom. The molecule has 43 heavy (non-hydrogen) atoms. The van der Waals surface area contributed by atoms with E-state index in [1.54, 1.807) is 24.7 Å². The third kappa shape index (κ3) is 5.98. The van der Waals surface area contributed by atoms with Crippen LogP contribution in [-0.2, 0) is 21.4 Å². The van der Waals surface area contributed by atoms with Crippen LogP contribution in [0, 0.1) is 11.7 Å². The first-order chi connectivity index (χ1) is 20.5. The van der Waals surface area contributed by atoms with E-state index in [4.69, 9.17) is 4.98 Å². The molecule has 0 bridgehead atoms. The minimum Gasteiger partial charge on any atom is -0.337 e. The Balaban J connectivity index is 1.38. The predicted octanol–water partition coefficient (Wildman–Crippen LogP) is 5.01. The van der Waals surface area contributed by atoms with E-state index in [2.05, 4.69) is 35.2 Å². The minimum atomic E-state index is -3.44. The molecule has 2 aromatic carbocycles. The molecule has 1 amide bonds. The maximum atomic E-state index is 14.6. The van der Waals surface area contributed by atoms with Crippen LogP contribution in [0.2, 0.25) is 0 Å². The van der Waals surface area contributed by atoms with Crippen LogP contribution >= 0.6 is 0 Å². The lowest BCUT2D eigenvalue weighted by Crippen LogP contribution is -2.21. The highest BCUT2D eigenvalue weighted by Crippen LogP contribution is 2.33. The molecule has 0 saturated carbocycles. The molecule has 0 spiro atoms. The van der Waals surface area contributed by atoms with E-state index in [0.717, 1.165) is 22.8 Å². The number of rotatable bonds is 8. The number of hydrogen-bond acceptors (Lipinski definition) is 7. The first-order valence-electron chi connectivity index (χ1n) is 13.4. The molecular weight excluding hydrogens is 571 g/mol. The summed E-state index contributed by atoms with van der Waals surface area (Å²) in [4.78, 5) is 29.1. The highest BCUT2D eigenvalue weighted by atomic mass is 32.2. The average Bonchev–Trinajstić information content (AvgIpc) is 3.59. The second kappa shape index (κ2) is 11.0. The van der Waals surface area contributed by atoms with Crippen molar-refractivity contribution >= 4 is 43.7 Å². The number of fused-ring (bicyclic) bond motifs is 2. The topological polar surface area (TPSA) is 158 Å². The molecule has 0 aliphatic rings. The number of aromatic amines is 2. The van der Waals surface area contributed by atoms with E-state index in [1.165, 1.54) is 12.1 Å². The summed E-state index contributed by atoms with van der Waals surface area (Å²) in [7, 11) is -3.44. The van der Waals surface area contributed by atoms with Crippen LogP contribution in [0.5, 0.6) is 0 Å². The molecule has 11 nitrogen and oxygen atoms in total. The van der Waals surface area contributed by atoms with Crippen molar-refractivity contribution in [2.45, 2.75) is 20.4 Å². The quantitative estimate of drug-likeness (QED) is 0.192. The van der Waals surface area contributed by atoms with Crippen LogP contribution in [0.25, 0.3) is 55.8 Å². The number of nitrogens with one attached hydrogen (secondary N) is 4. The van der Waals surface area contributed by atoms with Gasteiger partial charge in [-0.2, -0.15) is 5.10 Å². The van der Waals surface area contributed by atoms with Crippen molar-refractivity contribution in [1.82, 2.24) is 34.9 Å². The van der Waals surface area contributed by atoms with Gasteiger partial charge >= 0.3 is 0 Å². The Kier molecular flexibility index (Phi) is 7.20. The Morgan fingerprint density at radius 3 is 2.63 bits per heavy atom. The molecular formula is C30H27FN8O3S. The molecule has 0 saturated heterocycles. The fourth-order valence-corrected chi connectivity index (χ4v) is 5.12. The van der Waals surface area contributed by atoms with Crippen LogP contribution < -0.4 is 10.0 Å². The zero-order valence-electron chi connectivity index (χ0n) is 23.4. The average molecular weight is 599 g/mol. The van der Waals surface area contributed by atoms with Gasteiger partial charge in [0.15, 0.2) is 11.5 Å². The largest absolute Gasteiger partial charge is 0.337 e.